The lowest BCUT2D eigenvalue weighted by Gasteiger charge is -2.09. The summed E-state index contributed by atoms with van der Waals surface area (Å²) in [5.41, 5.74) is 0.491. The fraction of sp³-hybridized carbons (Fsp3) is 0.200. The Balaban J connectivity index is 2.31. The fourth-order valence-corrected chi connectivity index (χ4v) is 1.80. The molecule has 0 spiro atoms. The van der Waals surface area contributed by atoms with Crippen LogP contribution in [0.2, 0.25) is 0 Å². The van der Waals surface area contributed by atoms with Crippen LogP contribution in [-0.4, -0.2) is 16.5 Å². The summed E-state index contributed by atoms with van der Waals surface area (Å²) in [5, 5.41) is 3.60. The Morgan fingerprint density at radius 1 is 1.33 bits per heavy atom. The van der Waals surface area contributed by atoms with Crippen molar-refractivity contribution in [1.29, 1.82) is 0 Å². The quantitative estimate of drug-likeness (QED) is 0.845. The largest absolute Gasteiger partial charge is 0.573 e. The number of hydrogen-bond acceptors (Lipinski definition) is 4. The van der Waals surface area contributed by atoms with E-state index in [-0.39, 0.29) is 11.6 Å². The Labute approximate surface area is 108 Å². The second-order valence-electron chi connectivity index (χ2n) is 3.34. The molecule has 8 heteroatoms. The number of hydrogen-bond donors (Lipinski definition) is 0. The number of ether oxygens (including phenoxy) is 1. The minimum Gasteiger partial charge on any atom is -0.406 e. The molecule has 1 aromatic heterocycles. The van der Waals surface area contributed by atoms with E-state index >= 15 is 0 Å². The number of alkyl halides is 3. The third-order valence-electron chi connectivity index (χ3n) is 1.93. The van der Waals surface area contributed by atoms with Crippen LogP contribution in [0.3, 0.4) is 0 Å². The Hall–Kier alpha value is -1.57. The van der Waals surface area contributed by atoms with Crippen LogP contribution in [0, 0.1) is 6.92 Å². The van der Waals surface area contributed by atoms with Crippen molar-refractivity contribution in [3.63, 3.8) is 0 Å². The van der Waals surface area contributed by atoms with Crippen molar-refractivity contribution >= 4 is 15.9 Å². The summed E-state index contributed by atoms with van der Waals surface area (Å²) in [6.45, 7) is 1.64. The summed E-state index contributed by atoms with van der Waals surface area (Å²) in [5.74, 6) is 0.333. The van der Waals surface area contributed by atoms with Gasteiger partial charge in [0.1, 0.15) is 5.75 Å². The SMILES string of the molecule is Cc1noc(-c2ccc(OC(F)(F)F)cc2Br)n1. The average molecular weight is 323 g/mol. The molecule has 0 saturated heterocycles. The summed E-state index contributed by atoms with van der Waals surface area (Å²) >= 11 is 3.13. The minimum atomic E-state index is -4.72. The molecule has 0 N–H and O–H groups in total. The lowest BCUT2D eigenvalue weighted by atomic mass is 10.2. The normalized spacial score (nSPS) is 11.6. The van der Waals surface area contributed by atoms with Crippen molar-refractivity contribution in [2.45, 2.75) is 13.3 Å². The van der Waals surface area contributed by atoms with E-state index in [1.54, 1.807) is 6.92 Å². The van der Waals surface area contributed by atoms with Crippen molar-refractivity contribution in [1.82, 2.24) is 10.1 Å². The van der Waals surface area contributed by atoms with E-state index < -0.39 is 6.36 Å². The van der Waals surface area contributed by atoms with Crippen LogP contribution in [-0.2, 0) is 0 Å². The zero-order chi connectivity index (χ0) is 13.3. The monoisotopic (exact) mass is 322 g/mol. The number of nitrogens with zero attached hydrogens (tertiary/aromatic N) is 2. The first kappa shape index (κ1) is 12.9. The van der Waals surface area contributed by atoms with Gasteiger partial charge in [0.05, 0.1) is 5.56 Å². The summed E-state index contributed by atoms with van der Waals surface area (Å²) in [6.07, 6.45) is -4.72. The number of rotatable bonds is 2. The van der Waals surface area contributed by atoms with Gasteiger partial charge in [0.2, 0.25) is 0 Å². The van der Waals surface area contributed by atoms with Crippen LogP contribution >= 0.6 is 15.9 Å². The van der Waals surface area contributed by atoms with Gasteiger partial charge in [-0.3, -0.25) is 0 Å². The van der Waals surface area contributed by atoms with Gasteiger partial charge >= 0.3 is 6.36 Å². The molecule has 0 aliphatic heterocycles. The lowest BCUT2D eigenvalue weighted by molar-refractivity contribution is -0.274. The molecule has 18 heavy (non-hydrogen) atoms. The maximum Gasteiger partial charge on any atom is 0.573 e. The number of aryl methyl sites for hydroxylation is 1. The highest BCUT2D eigenvalue weighted by Gasteiger charge is 2.31. The van der Waals surface area contributed by atoms with Crippen LogP contribution in [0.15, 0.2) is 27.2 Å². The van der Waals surface area contributed by atoms with Crippen LogP contribution in [0.4, 0.5) is 13.2 Å². The van der Waals surface area contributed by atoms with Crippen molar-refractivity contribution in [2.75, 3.05) is 0 Å². The minimum absolute atomic E-state index is 0.220. The van der Waals surface area contributed by atoms with Gasteiger partial charge in [0, 0.05) is 4.47 Å². The highest BCUT2D eigenvalue weighted by Crippen LogP contribution is 2.32. The molecule has 2 rings (SSSR count). The Morgan fingerprint density at radius 2 is 2.06 bits per heavy atom. The Kier molecular flexibility index (Phi) is 3.29. The van der Waals surface area contributed by atoms with Crippen molar-refractivity contribution in [3.8, 4) is 17.2 Å². The third-order valence-corrected chi connectivity index (χ3v) is 2.59. The predicted octanol–water partition coefficient (Wildman–Crippen LogP) is 3.71. The molecule has 0 fully saturated rings. The summed E-state index contributed by atoms with van der Waals surface area (Å²) in [6, 6.07) is 3.76. The van der Waals surface area contributed by atoms with Crippen LogP contribution in [0.5, 0.6) is 5.75 Å². The number of aromatic nitrogens is 2. The lowest BCUT2D eigenvalue weighted by Crippen LogP contribution is -2.17. The molecule has 2 aromatic rings. The Morgan fingerprint density at radius 3 is 2.56 bits per heavy atom. The first-order chi connectivity index (χ1) is 8.35. The van der Waals surface area contributed by atoms with Gasteiger partial charge in [-0.05, 0) is 41.1 Å². The van der Waals surface area contributed by atoms with Gasteiger partial charge in [-0.2, -0.15) is 4.98 Å². The summed E-state index contributed by atoms with van der Waals surface area (Å²) in [7, 11) is 0. The fourth-order valence-electron chi connectivity index (χ4n) is 1.27. The maximum atomic E-state index is 12.0. The van der Waals surface area contributed by atoms with E-state index in [0.29, 0.717) is 15.9 Å². The molecular weight excluding hydrogens is 317 g/mol. The van der Waals surface area contributed by atoms with Gasteiger partial charge < -0.3 is 9.26 Å². The van der Waals surface area contributed by atoms with Gasteiger partial charge in [-0.1, -0.05) is 5.16 Å². The molecule has 0 saturated carbocycles. The molecule has 0 unspecified atom stereocenters. The van der Waals surface area contributed by atoms with Crippen LogP contribution < -0.4 is 4.74 Å². The number of benzene rings is 1. The van der Waals surface area contributed by atoms with Gasteiger partial charge in [-0.25, -0.2) is 0 Å². The van der Waals surface area contributed by atoms with E-state index in [1.165, 1.54) is 18.2 Å². The summed E-state index contributed by atoms with van der Waals surface area (Å²) < 4.78 is 45.1. The van der Waals surface area contributed by atoms with E-state index in [9.17, 15) is 13.2 Å². The summed E-state index contributed by atoms with van der Waals surface area (Å²) in [4.78, 5) is 3.98. The van der Waals surface area contributed by atoms with Crippen molar-refractivity contribution in [2.24, 2.45) is 0 Å². The standard InChI is InChI=1S/C10H6BrF3N2O2/c1-5-15-9(18-16-5)7-3-2-6(4-8(7)11)17-10(12,13)14/h2-4H,1H3. The highest BCUT2D eigenvalue weighted by atomic mass is 79.9. The third kappa shape index (κ3) is 3.00. The van der Waals surface area contributed by atoms with Gasteiger partial charge in [-0.15, -0.1) is 13.2 Å². The van der Waals surface area contributed by atoms with Gasteiger partial charge in [0.25, 0.3) is 5.89 Å². The molecule has 1 aromatic carbocycles. The van der Waals surface area contributed by atoms with E-state index in [1.807, 2.05) is 0 Å². The second-order valence-corrected chi connectivity index (χ2v) is 4.19. The zero-order valence-electron chi connectivity index (χ0n) is 8.95. The van der Waals surface area contributed by atoms with Crippen LogP contribution in [0.1, 0.15) is 5.82 Å². The smallest absolute Gasteiger partial charge is 0.406 e. The molecule has 0 bridgehead atoms. The molecule has 96 valence electrons. The van der Waals surface area contributed by atoms with E-state index in [4.69, 9.17) is 4.52 Å². The predicted molar refractivity (Wildman–Crippen MR) is 58.9 cm³/mol. The maximum absolute atomic E-state index is 12.0. The molecular formula is C10H6BrF3N2O2. The zero-order valence-corrected chi connectivity index (χ0v) is 10.5. The molecule has 0 aliphatic carbocycles. The van der Waals surface area contributed by atoms with Crippen LogP contribution in [0.25, 0.3) is 11.5 Å². The Bertz CT molecular complexity index is 568. The molecule has 4 nitrogen and oxygen atoms in total. The molecule has 0 aliphatic rings. The molecule has 0 radical (unpaired) electrons. The topological polar surface area (TPSA) is 48.2 Å². The highest BCUT2D eigenvalue weighted by molar-refractivity contribution is 9.10. The van der Waals surface area contributed by atoms with E-state index in [2.05, 4.69) is 30.8 Å². The first-order valence-electron chi connectivity index (χ1n) is 4.71. The first-order valence-corrected chi connectivity index (χ1v) is 5.50. The van der Waals surface area contributed by atoms with Gasteiger partial charge in [0.15, 0.2) is 5.82 Å². The second kappa shape index (κ2) is 4.60. The average Bonchev–Trinajstić information content (AvgIpc) is 2.62. The van der Waals surface area contributed by atoms with E-state index in [0.717, 1.165) is 0 Å². The molecule has 0 atom stereocenters. The number of halogens is 4. The van der Waals surface area contributed by atoms with Crippen molar-refractivity contribution in [3.05, 3.63) is 28.5 Å². The van der Waals surface area contributed by atoms with Crippen molar-refractivity contribution < 1.29 is 22.4 Å². The molecule has 1 heterocycles. The molecule has 0 amide bonds.